The molecule has 0 bridgehead atoms. The van der Waals surface area contributed by atoms with E-state index in [1.54, 1.807) is 4.90 Å². The zero-order chi connectivity index (χ0) is 15.5. The van der Waals surface area contributed by atoms with Gasteiger partial charge in [-0.1, -0.05) is 15.9 Å². The summed E-state index contributed by atoms with van der Waals surface area (Å²) in [6.45, 7) is 1.47. The van der Waals surface area contributed by atoms with Gasteiger partial charge in [-0.25, -0.2) is 0 Å². The summed E-state index contributed by atoms with van der Waals surface area (Å²) in [5, 5.41) is 2.77. The first-order valence-electron chi connectivity index (χ1n) is 6.76. The largest absolute Gasteiger partial charge is 0.417 e. The first kappa shape index (κ1) is 16.1. The number of carbonyl (C=O) groups is 1. The molecule has 0 aliphatic carbocycles. The van der Waals surface area contributed by atoms with Gasteiger partial charge in [-0.05, 0) is 37.5 Å². The third-order valence-corrected chi connectivity index (χ3v) is 4.12. The molecule has 0 atom stereocenters. The van der Waals surface area contributed by atoms with Crippen molar-refractivity contribution in [3.63, 3.8) is 0 Å². The van der Waals surface area contributed by atoms with Crippen LogP contribution in [0.25, 0.3) is 0 Å². The molecule has 0 spiro atoms. The van der Waals surface area contributed by atoms with Crippen molar-refractivity contribution in [3.05, 3.63) is 28.2 Å². The number of hydrogen-bond donors (Lipinski definition) is 1. The van der Waals surface area contributed by atoms with Gasteiger partial charge >= 0.3 is 6.18 Å². The van der Waals surface area contributed by atoms with Crippen molar-refractivity contribution in [1.29, 1.82) is 0 Å². The molecule has 0 unspecified atom stereocenters. The van der Waals surface area contributed by atoms with Gasteiger partial charge in [0.15, 0.2) is 0 Å². The number of rotatable bonds is 3. The zero-order valence-corrected chi connectivity index (χ0v) is 12.9. The highest BCUT2D eigenvalue weighted by Crippen LogP contribution is 2.36. The summed E-state index contributed by atoms with van der Waals surface area (Å²) in [7, 11) is 0. The smallest absolute Gasteiger partial charge is 0.376 e. The third-order valence-electron chi connectivity index (χ3n) is 3.42. The van der Waals surface area contributed by atoms with E-state index >= 15 is 0 Å². The van der Waals surface area contributed by atoms with Crippen molar-refractivity contribution in [2.45, 2.75) is 25.4 Å². The van der Waals surface area contributed by atoms with E-state index in [2.05, 4.69) is 21.2 Å². The minimum absolute atomic E-state index is 0.0112. The van der Waals surface area contributed by atoms with Crippen LogP contribution in [0.4, 0.5) is 18.9 Å². The Labute approximate surface area is 129 Å². The third kappa shape index (κ3) is 4.36. The Bertz CT molecular complexity index is 513. The Balaban J connectivity index is 1.98. The molecule has 1 N–H and O–H groups in total. The van der Waals surface area contributed by atoms with E-state index < -0.39 is 11.7 Å². The molecular formula is C14H16BrF3N2O. The summed E-state index contributed by atoms with van der Waals surface area (Å²) in [6.07, 6.45) is -1.32. The van der Waals surface area contributed by atoms with Crippen molar-refractivity contribution in [2.75, 3.05) is 25.0 Å². The van der Waals surface area contributed by atoms with Gasteiger partial charge in [0.1, 0.15) is 0 Å². The van der Waals surface area contributed by atoms with Crippen LogP contribution in [-0.2, 0) is 11.0 Å². The molecule has 1 fully saturated rings. The molecule has 7 heteroatoms. The highest BCUT2D eigenvalue weighted by atomic mass is 79.9. The topological polar surface area (TPSA) is 32.3 Å². The number of nitrogens with zero attached hydrogens (tertiary/aromatic N) is 1. The fourth-order valence-electron chi connectivity index (χ4n) is 2.29. The number of hydrogen-bond acceptors (Lipinski definition) is 2. The Morgan fingerprint density at radius 3 is 2.52 bits per heavy atom. The fourth-order valence-corrected chi connectivity index (χ4v) is 2.76. The molecule has 1 aromatic rings. The first-order valence-corrected chi connectivity index (χ1v) is 7.55. The lowest BCUT2D eigenvalue weighted by atomic mass is 10.1. The van der Waals surface area contributed by atoms with Crippen LogP contribution in [0.3, 0.4) is 0 Å². The summed E-state index contributed by atoms with van der Waals surface area (Å²) < 4.78 is 38.3. The zero-order valence-electron chi connectivity index (χ0n) is 11.3. The highest BCUT2D eigenvalue weighted by Gasteiger charge is 2.33. The Morgan fingerprint density at radius 2 is 1.90 bits per heavy atom. The van der Waals surface area contributed by atoms with E-state index in [0.717, 1.165) is 38.4 Å². The predicted octanol–water partition coefficient (Wildman–Crippen LogP) is 3.89. The number of amides is 1. The van der Waals surface area contributed by atoms with Crippen LogP contribution in [0.2, 0.25) is 0 Å². The summed E-state index contributed by atoms with van der Waals surface area (Å²) >= 11 is 2.89. The standard InChI is InChI=1S/C14H16BrF3N2O/c15-12-5-4-10(8-11(12)14(16,17)18)19-9-13(21)20-6-2-1-3-7-20/h4-5,8,19H,1-3,6-7,9H2. The van der Waals surface area contributed by atoms with Gasteiger partial charge in [-0.15, -0.1) is 0 Å². The average molecular weight is 365 g/mol. The molecule has 2 rings (SSSR count). The lowest BCUT2D eigenvalue weighted by molar-refractivity contribution is -0.138. The monoisotopic (exact) mass is 364 g/mol. The maximum Gasteiger partial charge on any atom is 0.417 e. The van der Waals surface area contributed by atoms with E-state index in [0.29, 0.717) is 0 Å². The van der Waals surface area contributed by atoms with Crippen molar-refractivity contribution in [3.8, 4) is 0 Å². The van der Waals surface area contributed by atoms with Crippen molar-refractivity contribution in [2.24, 2.45) is 0 Å². The predicted molar refractivity (Wildman–Crippen MR) is 78.1 cm³/mol. The van der Waals surface area contributed by atoms with E-state index in [1.165, 1.54) is 12.1 Å². The number of nitrogens with one attached hydrogen (secondary N) is 1. The summed E-state index contributed by atoms with van der Waals surface area (Å²) in [5.74, 6) is -0.0776. The van der Waals surface area contributed by atoms with Gasteiger partial charge in [0, 0.05) is 23.2 Å². The average Bonchev–Trinajstić information content (AvgIpc) is 2.45. The van der Waals surface area contributed by atoms with Crippen LogP contribution in [0.1, 0.15) is 24.8 Å². The van der Waals surface area contributed by atoms with Gasteiger partial charge in [0.25, 0.3) is 0 Å². The van der Waals surface area contributed by atoms with Crippen LogP contribution >= 0.6 is 15.9 Å². The summed E-state index contributed by atoms with van der Waals surface area (Å²) in [5.41, 5.74) is -0.464. The lowest BCUT2D eigenvalue weighted by Crippen LogP contribution is -2.39. The van der Waals surface area contributed by atoms with E-state index in [-0.39, 0.29) is 22.6 Å². The molecule has 1 heterocycles. The Hall–Kier alpha value is -1.24. The van der Waals surface area contributed by atoms with E-state index in [4.69, 9.17) is 0 Å². The molecule has 1 aliphatic rings. The normalized spacial score (nSPS) is 15.9. The van der Waals surface area contributed by atoms with Crippen LogP contribution in [0, 0.1) is 0 Å². The number of carbonyl (C=O) groups excluding carboxylic acids is 1. The molecule has 0 saturated carbocycles. The molecule has 1 saturated heterocycles. The van der Waals surface area contributed by atoms with Gasteiger partial charge < -0.3 is 10.2 Å². The summed E-state index contributed by atoms with van der Waals surface area (Å²) in [4.78, 5) is 13.7. The molecule has 1 amide bonds. The number of anilines is 1. The van der Waals surface area contributed by atoms with Crippen molar-refractivity contribution in [1.82, 2.24) is 4.90 Å². The van der Waals surface area contributed by atoms with E-state index in [9.17, 15) is 18.0 Å². The quantitative estimate of drug-likeness (QED) is 0.882. The van der Waals surface area contributed by atoms with Crippen LogP contribution in [-0.4, -0.2) is 30.4 Å². The SMILES string of the molecule is O=C(CNc1ccc(Br)c(C(F)(F)F)c1)N1CCCCC1. The second-order valence-electron chi connectivity index (χ2n) is 4.99. The number of piperidine rings is 1. The number of likely N-dealkylation sites (tertiary alicyclic amines) is 1. The highest BCUT2D eigenvalue weighted by molar-refractivity contribution is 9.10. The molecule has 3 nitrogen and oxygen atoms in total. The minimum Gasteiger partial charge on any atom is -0.376 e. The van der Waals surface area contributed by atoms with Crippen molar-refractivity contribution < 1.29 is 18.0 Å². The first-order chi connectivity index (χ1) is 9.88. The van der Waals surface area contributed by atoms with Crippen LogP contribution < -0.4 is 5.32 Å². The number of benzene rings is 1. The maximum atomic E-state index is 12.8. The van der Waals surface area contributed by atoms with E-state index in [1.807, 2.05) is 0 Å². The van der Waals surface area contributed by atoms with Gasteiger partial charge in [0.05, 0.1) is 12.1 Å². The van der Waals surface area contributed by atoms with Gasteiger partial charge in [-0.3, -0.25) is 4.79 Å². The van der Waals surface area contributed by atoms with Crippen molar-refractivity contribution >= 4 is 27.5 Å². The molecule has 21 heavy (non-hydrogen) atoms. The maximum absolute atomic E-state index is 12.8. The fraction of sp³-hybridized carbons (Fsp3) is 0.500. The number of alkyl halides is 3. The minimum atomic E-state index is -4.42. The number of halogens is 4. The molecule has 0 aromatic heterocycles. The van der Waals surface area contributed by atoms with Gasteiger partial charge in [-0.2, -0.15) is 13.2 Å². The van der Waals surface area contributed by atoms with Crippen LogP contribution in [0.5, 0.6) is 0 Å². The second kappa shape index (κ2) is 6.68. The Morgan fingerprint density at radius 1 is 1.24 bits per heavy atom. The van der Waals surface area contributed by atoms with Gasteiger partial charge in [0.2, 0.25) is 5.91 Å². The summed E-state index contributed by atoms with van der Waals surface area (Å²) in [6, 6.07) is 3.85. The molecule has 0 radical (unpaired) electrons. The molecule has 116 valence electrons. The molecule has 1 aromatic carbocycles. The Kier molecular flexibility index (Phi) is 5.13. The second-order valence-corrected chi connectivity index (χ2v) is 5.84. The molecular weight excluding hydrogens is 349 g/mol. The molecule has 1 aliphatic heterocycles. The van der Waals surface area contributed by atoms with Crippen LogP contribution in [0.15, 0.2) is 22.7 Å². The lowest BCUT2D eigenvalue weighted by Gasteiger charge is -2.27.